The lowest BCUT2D eigenvalue weighted by Gasteiger charge is -2.28. The Kier molecular flexibility index (Phi) is 4.05. The van der Waals surface area contributed by atoms with Gasteiger partial charge in [-0.25, -0.2) is 13.1 Å². The van der Waals surface area contributed by atoms with E-state index in [1.807, 2.05) is 18.2 Å². The van der Waals surface area contributed by atoms with Gasteiger partial charge in [-0.1, -0.05) is 6.07 Å². The smallest absolute Gasteiger partial charge is 0.231 e. The van der Waals surface area contributed by atoms with Gasteiger partial charge in [0.1, 0.15) is 0 Å². The zero-order chi connectivity index (χ0) is 14.9. The maximum absolute atomic E-state index is 11.4. The summed E-state index contributed by atoms with van der Waals surface area (Å²) >= 11 is 0. The third kappa shape index (κ3) is 3.48. The van der Waals surface area contributed by atoms with Crippen molar-refractivity contribution in [3.8, 4) is 11.5 Å². The lowest BCUT2D eigenvalue weighted by Crippen LogP contribution is -2.36. The van der Waals surface area contributed by atoms with Gasteiger partial charge in [0.05, 0.1) is 6.26 Å². The Morgan fingerprint density at radius 3 is 2.67 bits per heavy atom. The van der Waals surface area contributed by atoms with E-state index in [0.717, 1.165) is 43.0 Å². The first-order valence-corrected chi connectivity index (χ1v) is 9.00. The lowest BCUT2D eigenvalue weighted by molar-refractivity contribution is 0.173. The van der Waals surface area contributed by atoms with Crippen molar-refractivity contribution in [3.05, 3.63) is 23.8 Å². The molecule has 21 heavy (non-hydrogen) atoms. The fourth-order valence-electron chi connectivity index (χ4n) is 2.86. The van der Waals surface area contributed by atoms with Gasteiger partial charge in [0, 0.05) is 12.6 Å². The topological polar surface area (TPSA) is 67.9 Å². The van der Waals surface area contributed by atoms with Gasteiger partial charge in [-0.3, -0.25) is 4.90 Å². The number of likely N-dealkylation sites (tertiary alicyclic amines) is 1. The highest BCUT2D eigenvalue weighted by Gasteiger charge is 2.26. The van der Waals surface area contributed by atoms with E-state index in [9.17, 15) is 8.42 Å². The molecule has 1 atom stereocenters. The molecule has 0 spiro atoms. The number of hydrogen-bond donors (Lipinski definition) is 1. The Hall–Kier alpha value is -1.31. The number of nitrogens with zero attached hydrogens (tertiary/aromatic N) is 1. The van der Waals surface area contributed by atoms with Gasteiger partial charge in [-0.15, -0.1) is 0 Å². The van der Waals surface area contributed by atoms with Crippen molar-refractivity contribution >= 4 is 10.0 Å². The molecule has 1 saturated heterocycles. The van der Waals surface area contributed by atoms with E-state index in [1.54, 1.807) is 0 Å². The number of benzene rings is 1. The van der Waals surface area contributed by atoms with E-state index in [-0.39, 0.29) is 12.8 Å². The summed E-state index contributed by atoms with van der Waals surface area (Å²) in [6.07, 6.45) is 3.49. The van der Waals surface area contributed by atoms with E-state index in [2.05, 4.69) is 9.62 Å². The summed E-state index contributed by atoms with van der Waals surface area (Å²) < 4.78 is 36.2. The first-order chi connectivity index (χ1) is 10.0. The van der Waals surface area contributed by atoms with Crippen molar-refractivity contribution in [2.75, 3.05) is 32.7 Å². The predicted octanol–water partition coefficient (Wildman–Crippen LogP) is 1.10. The summed E-state index contributed by atoms with van der Waals surface area (Å²) in [5.41, 5.74) is 1.05. The number of nitrogens with one attached hydrogen (secondary N) is 1. The van der Waals surface area contributed by atoms with E-state index < -0.39 is 10.0 Å². The molecule has 0 radical (unpaired) electrons. The van der Waals surface area contributed by atoms with Gasteiger partial charge in [0.2, 0.25) is 16.8 Å². The Morgan fingerprint density at radius 2 is 1.95 bits per heavy atom. The monoisotopic (exact) mass is 312 g/mol. The summed E-state index contributed by atoms with van der Waals surface area (Å²) in [6, 6.07) is 5.86. The van der Waals surface area contributed by atoms with Gasteiger partial charge in [0.15, 0.2) is 11.5 Å². The summed E-state index contributed by atoms with van der Waals surface area (Å²) in [5.74, 6) is 1.48. The second kappa shape index (κ2) is 5.82. The van der Waals surface area contributed by atoms with Crippen LogP contribution in [0.1, 0.15) is 24.4 Å². The molecule has 0 saturated carbocycles. The molecule has 0 aliphatic carbocycles. The van der Waals surface area contributed by atoms with Gasteiger partial charge in [0.25, 0.3) is 0 Å². The molecule has 7 heteroatoms. The van der Waals surface area contributed by atoms with Crippen LogP contribution < -0.4 is 14.2 Å². The van der Waals surface area contributed by atoms with Crippen molar-refractivity contribution < 1.29 is 17.9 Å². The molecular weight excluding hydrogens is 292 g/mol. The van der Waals surface area contributed by atoms with Crippen molar-refractivity contribution in [1.82, 2.24) is 9.62 Å². The molecule has 3 rings (SSSR count). The van der Waals surface area contributed by atoms with E-state index in [1.165, 1.54) is 6.26 Å². The summed E-state index contributed by atoms with van der Waals surface area (Å²) in [5, 5.41) is 0. The van der Waals surface area contributed by atoms with Crippen molar-refractivity contribution in [1.29, 1.82) is 0 Å². The minimum Gasteiger partial charge on any atom is -0.454 e. The van der Waals surface area contributed by atoms with Gasteiger partial charge in [-0.2, -0.15) is 0 Å². The molecular formula is C14H20N2O4S. The predicted molar refractivity (Wildman–Crippen MR) is 79.0 cm³/mol. The maximum Gasteiger partial charge on any atom is 0.231 e. The molecule has 2 aliphatic heterocycles. The van der Waals surface area contributed by atoms with Crippen LogP contribution in [0.2, 0.25) is 0 Å². The Labute approximate surface area is 125 Å². The molecule has 1 N–H and O–H groups in total. The van der Waals surface area contributed by atoms with Crippen molar-refractivity contribution in [3.63, 3.8) is 0 Å². The van der Waals surface area contributed by atoms with Crippen molar-refractivity contribution in [2.24, 2.45) is 0 Å². The third-order valence-corrected chi connectivity index (χ3v) is 4.59. The van der Waals surface area contributed by atoms with Crippen LogP contribution in [0, 0.1) is 0 Å². The standard InChI is InChI=1S/C14H20N2O4S/c1-21(17,18)15-9-12(16-6-2-3-7-16)11-4-5-13-14(8-11)20-10-19-13/h4-5,8,12,15H,2-3,6-7,9-10H2,1H3/t12-/m0/s1. The molecule has 2 heterocycles. The summed E-state index contributed by atoms with van der Waals surface area (Å²) in [7, 11) is -3.20. The van der Waals surface area contributed by atoms with E-state index >= 15 is 0 Å². The minimum atomic E-state index is -3.20. The SMILES string of the molecule is CS(=O)(=O)NC[C@@H](c1ccc2c(c1)OCO2)N1CCCC1. The van der Waals surface area contributed by atoms with Crippen molar-refractivity contribution in [2.45, 2.75) is 18.9 Å². The zero-order valence-electron chi connectivity index (χ0n) is 12.0. The average Bonchev–Trinajstić information content (AvgIpc) is 3.07. The Morgan fingerprint density at radius 1 is 1.24 bits per heavy atom. The van der Waals surface area contributed by atoms with Crippen LogP contribution in [-0.4, -0.2) is 46.0 Å². The molecule has 0 aromatic heterocycles. The fraction of sp³-hybridized carbons (Fsp3) is 0.571. The molecule has 116 valence electrons. The van der Waals surface area contributed by atoms with Crippen LogP contribution in [0.15, 0.2) is 18.2 Å². The van der Waals surface area contributed by atoms with E-state index in [0.29, 0.717) is 6.54 Å². The highest BCUT2D eigenvalue weighted by molar-refractivity contribution is 7.88. The second-order valence-corrected chi connectivity index (χ2v) is 7.33. The number of sulfonamides is 1. The minimum absolute atomic E-state index is 0.0247. The van der Waals surface area contributed by atoms with Gasteiger partial charge < -0.3 is 9.47 Å². The normalized spacial score (nSPS) is 19.9. The number of ether oxygens (including phenoxy) is 2. The first-order valence-electron chi connectivity index (χ1n) is 7.11. The second-order valence-electron chi connectivity index (χ2n) is 5.49. The molecule has 0 bridgehead atoms. The molecule has 0 amide bonds. The van der Waals surface area contributed by atoms with Crippen LogP contribution in [0.4, 0.5) is 0 Å². The number of fused-ring (bicyclic) bond motifs is 1. The number of hydrogen-bond acceptors (Lipinski definition) is 5. The van der Waals surface area contributed by atoms with Gasteiger partial charge in [-0.05, 0) is 43.6 Å². The van der Waals surface area contributed by atoms with Crippen LogP contribution >= 0.6 is 0 Å². The third-order valence-electron chi connectivity index (χ3n) is 3.90. The van der Waals surface area contributed by atoms with Crippen LogP contribution in [0.3, 0.4) is 0 Å². The summed E-state index contributed by atoms with van der Waals surface area (Å²) in [4.78, 5) is 2.32. The fourth-order valence-corrected chi connectivity index (χ4v) is 3.32. The highest BCUT2D eigenvalue weighted by atomic mass is 32.2. The maximum atomic E-state index is 11.4. The molecule has 1 fully saturated rings. The first kappa shape index (κ1) is 14.6. The molecule has 6 nitrogen and oxygen atoms in total. The molecule has 0 unspecified atom stereocenters. The molecule has 1 aromatic carbocycles. The summed E-state index contributed by atoms with van der Waals surface area (Å²) in [6.45, 7) is 2.60. The Balaban J connectivity index is 1.83. The molecule has 2 aliphatic rings. The van der Waals surface area contributed by atoms with Crippen LogP contribution in [-0.2, 0) is 10.0 Å². The molecule has 1 aromatic rings. The average molecular weight is 312 g/mol. The van der Waals surface area contributed by atoms with Crippen LogP contribution in [0.5, 0.6) is 11.5 Å². The Bertz CT molecular complexity index is 611. The van der Waals surface area contributed by atoms with Gasteiger partial charge >= 0.3 is 0 Å². The highest BCUT2D eigenvalue weighted by Crippen LogP contribution is 2.36. The zero-order valence-corrected chi connectivity index (χ0v) is 12.9. The lowest BCUT2D eigenvalue weighted by atomic mass is 10.1. The quantitative estimate of drug-likeness (QED) is 0.882. The van der Waals surface area contributed by atoms with Crippen LogP contribution in [0.25, 0.3) is 0 Å². The van der Waals surface area contributed by atoms with E-state index in [4.69, 9.17) is 9.47 Å². The number of rotatable bonds is 5. The largest absolute Gasteiger partial charge is 0.454 e.